The predicted octanol–water partition coefficient (Wildman–Crippen LogP) is 2.30. The molecule has 24 heavy (non-hydrogen) atoms. The molecule has 3 N–H and O–H groups in total. The number of imidazole rings is 2. The van der Waals surface area contributed by atoms with E-state index in [0.717, 1.165) is 42.3 Å². The van der Waals surface area contributed by atoms with Crippen molar-refractivity contribution in [1.29, 1.82) is 0 Å². The summed E-state index contributed by atoms with van der Waals surface area (Å²) in [6.45, 7) is 8.30. The average molecular weight is 325 g/mol. The molecule has 1 aliphatic rings. The van der Waals surface area contributed by atoms with Crippen molar-refractivity contribution in [2.24, 2.45) is 0 Å². The van der Waals surface area contributed by atoms with Crippen molar-refractivity contribution in [2.45, 2.75) is 45.2 Å². The van der Waals surface area contributed by atoms with Crippen LogP contribution in [0.25, 0.3) is 0 Å². The van der Waals surface area contributed by atoms with Crippen LogP contribution in [0.15, 0.2) is 24.9 Å². The second-order valence-corrected chi connectivity index (χ2v) is 7.42. The first kappa shape index (κ1) is 15.1. The molecule has 0 bridgehead atoms. The Morgan fingerprint density at radius 1 is 1.25 bits per heavy atom. The highest BCUT2D eigenvalue weighted by Gasteiger charge is 2.32. The van der Waals surface area contributed by atoms with Gasteiger partial charge in [0.25, 0.3) is 0 Å². The predicted molar refractivity (Wildman–Crippen MR) is 90.4 cm³/mol. The van der Waals surface area contributed by atoms with Crippen LogP contribution in [0.3, 0.4) is 0 Å². The maximum absolute atomic E-state index is 4.56. The van der Waals surface area contributed by atoms with Crippen LogP contribution in [0.4, 0.5) is 0 Å². The van der Waals surface area contributed by atoms with Crippen molar-refractivity contribution >= 4 is 0 Å². The first-order chi connectivity index (χ1) is 11.5. The van der Waals surface area contributed by atoms with Crippen molar-refractivity contribution in [3.8, 4) is 0 Å². The summed E-state index contributed by atoms with van der Waals surface area (Å²) in [5.41, 5.74) is 5.64. The molecule has 1 aliphatic heterocycles. The number of fused-ring (bicyclic) bond motifs is 1. The van der Waals surface area contributed by atoms with Gasteiger partial charge >= 0.3 is 0 Å². The largest absolute Gasteiger partial charge is 0.348 e. The topological polar surface area (TPSA) is 89.3 Å². The molecule has 3 aromatic rings. The third-order valence-electron chi connectivity index (χ3n) is 4.61. The van der Waals surface area contributed by atoms with Crippen LogP contribution in [0.2, 0.25) is 0 Å². The average Bonchev–Trinajstić information content (AvgIpc) is 3.27. The number of H-pyrrole nitrogens is 3. The third kappa shape index (κ3) is 2.65. The maximum atomic E-state index is 4.56. The van der Waals surface area contributed by atoms with Crippen LogP contribution >= 0.6 is 0 Å². The summed E-state index contributed by atoms with van der Waals surface area (Å²) in [7, 11) is 0. The Hall–Kier alpha value is -2.41. The molecule has 4 heterocycles. The van der Waals surface area contributed by atoms with Gasteiger partial charge in [-0.25, -0.2) is 9.97 Å². The number of nitrogens with one attached hydrogen (secondary N) is 3. The molecule has 0 fully saturated rings. The van der Waals surface area contributed by atoms with E-state index in [-0.39, 0.29) is 11.5 Å². The molecule has 3 aromatic heterocycles. The summed E-state index contributed by atoms with van der Waals surface area (Å²) in [6.07, 6.45) is 6.36. The minimum Gasteiger partial charge on any atom is -0.348 e. The number of rotatable bonds is 3. The van der Waals surface area contributed by atoms with Crippen LogP contribution in [0.1, 0.15) is 55.3 Å². The molecule has 1 atom stereocenters. The van der Waals surface area contributed by atoms with Crippen molar-refractivity contribution < 1.29 is 0 Å². The fraction of sp³-hybridized carbons (Fsp3) is 0.471. The van der Waals surface area contributed by atoms with E-state index in [0.29, 0.717) is 0 Å². The van der Waals surface area contributed by atoms with Crippen LogP contribution in [-0.4, -0.2) is 41.6 Å². The van der Waals surface area contributed by atoms with Crippen LogP contribution in [0, 0.1) is 0 Å². The number of aromatic amines is 3. The van der Waals surface area contributed by atoms with Crippen LogP contribution in [-0.2, 0) is 18.4 Å². The lowest BCUT2D eigenvalue weighted by molar-refractivity contribution is 0.195. The lowest BCUT2D eigenvalue weighted by Gasteiger charge is -2.33. The van der Waals surface area contributed by atoms with Gasteiger partial charge in [0.1, 0.15) is 0 Å². The Morgan fingerprint density at radius 2 is 2.12 bits per heavy atom. The van der Waals surface area contributed by atoms with Gasteiger partial charge in [0.05, 0.1) is 35.8 Å². The van der Waals surface area contributed by atoms with E-state index in [1.54, 1.807) is 12.7 Å². The Balaban J connectivity index is 1.63. The molecule has 0 aliphatic carbocycles. The normalized spacial score (nSPS) is 18.7. The van der Waals surface area contributed by atoms with Crippen LogP contribution in [0.5, 0.6) is 0 Å². The number of hydrogen-bond donors (Lipinski definition) is 3. The second kappa shape index (κ2) is 5.59. The summed E-state index contributed by atoms with van der Waals surface area (Å²) < 4.78 is 0. The van der Waals surface area contributed by atoms with Gasteiger partial charge < -0.3 is 9.97 Å². The molecule has 0 amide bonds. The van der Waals surface area contributed by atoms with E-state index < -0.39 is 0 Å². The van der Waals surface area contributed by atoms with Crippen molar-refractivity contribution in [1.82, 2.24) is 35.0 Å². The van der Waals surface area contributed by atoms with Gasteiger partial charge in [-0.3, -0.25) is 10.00 Å². The summed E-state index contributed by atoms with van der Waals surface area (Å²) in [5.74, 6) is 0. The quantitative estimate of drug-likeness (QED) is 0.689. The lowest BCUT2D eigenvalue weighted by atomic mass is 9.92. The van der Waals surface area contributed by atoms with Gasteiger partial charge in [-0.15, -0.1) is 0 Å². The third-order valence-corrected chi connectivity index (χ3v) is 4.61. The molecule has 0 radical (unpaired) electrons. The van der Waals surface area contributed by atoms with Gasteiger partial charge in [-0.1, -0.05) is 20.8 Å². The SMILES string of the molecule is CC(C)(C)c1cc(CN2CCc3[nH]cnc3[C@@H]2c2cnc[nH]2)[nH]n1. The highest BCUT2D eigenvalue weighted by molar-refractivity contribution is 5.28. The number of nitrogens with zero attached hydrogens (tertiary/aromatic N) is 4. The highest BCUT2D eigenvalue weighted by atomic mass is 15.2. The van der Waals surface area contributed by atoms with Crippen LogP contribution < -0.4 is 0 Å². The molecule has 0 spiro atoms. The molecular weight excluding hydrogens is 302 g/mol. The summed E-state index contributed by atoms with van der Waals surface area (Å²) in [5, 5.41) is 7.68. The summed E-state index contributed by atoms with van der Waals surface area (Å²) in [6, 6.07) is 2.26. The van der Waals surface area contributed by atoms with E-state index in [2.05, 4.69) is 61.9 Å². The molecule has 0 unspecified atom stereocenters. The summed E-state index contributed by atoms with van der Waals surface area (Å²) >= 11 is 0. The molecule has 7 nitrogen and oxygen atoms in total. The minimum absolute atomic E-state index is 0.0504. The van der Waals surface area contributed by atoms with E-state index in [4.69, 9.17) is 0 Å². The molecule has 7 heteroatoms. The summed E-state index contributed by atoms with van der Waals surface area (Å²) in [4.78, 5) is 17.7. The van der Waals surface area contributed by atoms with Gasteiger partial charge in [0, 0.05) is 42.5 Å². The van der Waals surface area contributed by atoms with E-state index in [1.165, 1.54) is 5.69 Å². The fourth-order valence-electron chi connectivity index (χ4n) is 3.30. The number of hydrogen-bond acceptors (Lipinski definition) is 4. The highest BCUT2D eigenvalue weighted by Crippen LogP contribution is 2.33. The van der Waals surface area contributed by atoms with Gasteiger partial charge in [-0.05, 0) is 6.07 Å². The standard InChI is InChI=1S/C17H23N7/c1-17(2,3)14-6-11(22-23-14)8-24-5-4-12-15(21-10-20-12)16(24)13-7-18-9-19-13/h6-7,9-10,16H,4-5,8H2,1-3H3,(H,18,19)(H,20,21)(H,22,23)/t16-/m0/s1. The van der Waals surface area contributed by atoms with Gasteiger partial charge in [0.2, 0.25) is 0 Å². The number of aromatic nitrogens is 6. The Morgan fingerprint density at radius 3 is 2.83 bits per heavy atom. The second-order valence-electron chi connectivity index (χ2n) is 7.42. The first-order valence-electron chi connectivity index (χ1n) is 8.31. The smallest absolute Gasteiger partial charge is 0.0965 e. The molecule has 0 saturated carbocycles. The zero-order chi connectivity index (χ0) is 16.7. The van der Waals surface area contributed by atoms with E-state index in [9.17, 15) is 0 Å². The maximum Gasteiger partial charge on any atom is 0.0965 e. The first-order valence-corrected chi connectivity index (χ1v) is 8.31. The monoisotopic (exact) mass is 325 g/mol. The van der Waals surface area contributed by atoms with E-state index in [1.807, 2.05) is 6.20 Å². The van der Waals surface area contributed by atoms with Crippen molar-refractivity contribution in [3.63, 3.8) is 0 Å². The van der Waals surface area contributed by atoms with Gasteiger partial charge in [0.15, 0.2) is 0 Å². The van der Waals surface area contributed by atoms with Crippen molar-refractivity contribution in [3.05, 3.63) is 53.4 Å². The molecule has 0 aromatic carbocycles. The Bertz CT molecular complexity index is 806. The Labute approximate surface area is 140 Å². The molecular formula is C17H23N7. The minimum atomic E-state index is 0.0504. The van der Waals surface area contributed by atoms with Crippen molar-refractivity contribution in [2.75, 3.05) is 6.54 Å². The molecule has 4 rings (SSSR count). The van der Waals surface area contributed by atoms with E-state index >= 15 is 0 Å². The molecule has 126 valence electrons. The zero-order valence-electron chi connectivity index (χ0n) is 14.3. The zero-order valence-corrected chi connectivity index (χ0v) is 14.3. The molecule has 0 saturated heterocycles. The van der Waals surface area contributed by atoms with Gasteiger partial charge in [-0.2, -0.15) is 5.10 Å². The lowest BCUT2D eigenvalue weighted by Crippen LogP contribution is -2.36. The Kier molecular flexibility index (Phi) is 3.53. The fourth-order valence-corrected chi connectivity index (χ4v) is 3.30.